The molecule has 0 spiro atoms. The Kier molecular flexibility index (Phi) is 5.28. The minimum atomic E-state index is -4.57. The molecule has 2 fully saturated rings. The minimum absolute atomic E-state index is 0.00541. The third-order valence-corrected chi connectivity index (χ3v) is 7.00. The SMILES string of the molecule is CC(C)(C)N[C@H]1CCN(c2cc(F)cc3c2NC(C2CC2)=NS3(=O)=O)[C@H](C(F)(F)F)C1. The minimum Gasteiger partial charge on any atom is -0.358 e. The lowest BCUT2D eigenvalue weighted by atomic mass is 9.93. The molecule has 2 atom stereocenters. The molecule has 0 bridgehead atoms. The molecule has 0 radical (unpaired) electrons. The molecule has 1 saturated heterocycles. The predicted molar refractivity (Wildman–Crippen MR) is 110 cm³/mol. The lowest BCUT2D eigenvalue weighted by molar-refractivity contribution is -0.154. The highest BCUT2D eigenvalue weighted by Gasteiger charge is 2.48. The van der Waals surface area contributed by atoms with Crippen molar-refractivity contribution in [3.63, 3.8) is 0 Å². The van der Waals surface area contributed by atoms with Crippen LogP contribution in [0.25, 0.3) is 0 Å². The van der Waals surface area contributed by atoms with E-state index in [4.69, 9.17) is 0 Å². The van der Waals surface area contributed by atoms with Gasteiger partial charge in [-0.2, -0.15) is 21.6 Å². The number of nitrogens with zero attached hydrogens (tertiary/aromatic N) is 2. The topological polar surface area (TPSA) is 73.8 Å². The van der Waals surface area contributed by atoms with E-state index < -0.39 is 33.0 Å². The lowest BCUT2D eigenvalue weighted by Gasteiger charge is -2.44. The molecular formula is C20H26F4N4O2S. The summed E-state index contributed by atoms with van der Waals surface area (Å²) in [6.45, 7) is 5.67. The average Bonchev–Trinajstić information content (AvgIpc) is 3.44. The number of anilines is 2. The first-order chi connectivity index (χ1) is 14.2. The zero-order valence-electron chi connectivity index (χ0n) is 17.6. The van der Waals surface area contributed by atoms with Crippen LogP contribution < -0.4 is 15.5 Å². The molecule has 0 aromatic heterocycles. The number of piperidine rings is 1. The Hall–Kier alpha value is -1.88. The summed E-state index contributed by atoms with van der Waals surface area (Å²) in [6, 6.07) is -0.453. The van der Waals surface area contributed by atoms with E-state index in [1.54, 1.807) is 0 Å². The summed E-state index contributed by atoms with van der Waals surface area (Å²) in [4.78, 5) is 0.656. The molecule has 31 heavy (non-hydrogen) atoms. The van der Waals surface area contributed by atoms with Crippen LogP contribution in [0, 0.1) is 11.7 Å². The maximum absolute atomic E-state index is 14.4. The Balaban J connectivity index is 1.75. The first-order valence-corrected chi connectivity index (χ1v) is 11.7. The highest BCUT2D eigenvalue weighted by atomic mass is 32.2. The standard InChI is InChI=1S/C20H26F4N4O2S/c1-19(2,3)26-13-6-7-28(16(10-13)20(22,23)24)14-8-12(21)9-15-17(14)25-18(11-4-5-11)27-31(15,29)30/h8-9,11,13,16,26H,4-7,10H2,1-3H3,(H,25,27)/t13-,16-/m0/s1. The zero-order valence-corrected chi connectivity index (χ0v) is 18.4. The van der Waals surface area contributed by atoms with Crippen LogP contribution in [-0.4, -0.2) is 44.6 Å². The number of rotatable bonds is 3. The second kappa shape index (κ2) is 7.33. The first-order valence-electron chi connectivity index (χ1n) is 10.3. The van der Waals surface area contributed by atoms with Gasteiger partial charge in [-0.05, 0) is 58.6 Å². The van der Waals surface area contributed by atoms with E-state index in [9.17, 15) is 26.0 Å². The van der Waals surface area contributed by atoms with Gasteiger partial charge in [0.2, 0.25) is 0 Å². The molecule has 2 N–H and O–H groups in total. The van der Waals surface area contributed by atoms with Crippen LogP contribution in [0.4, 0.5) is 28.9 Å². The molecule has 1 aromatic rings. The van der Waals surface area contributed by atoms with E-state index >= 15 is 0 Å². The molecule has 6 nitrogen and oxygen atoms in total. The Labute approximate surface area is 179 Å². The Morgan fingerprint density at radius 2 is 1.84 bits per heavy atom. The molecule has 0 amide bonds. The van der Waals surface area contributed by atoms with E-state index in [-0.39, 0.29) is 47.7 Å². The van der Waals surface area contributed by atoms with Crippen molar-refractivity contribution in [2.45, 2.75) is 75.1 Å². The van der Waals surface area contributed by atoms with E-state index in [0.717, 1.165) is 29.9 Å². The largest absolute Gasteiger partial charge is 0.408 e. The van der Waals surface area contributed by atoms with Gasteiger partial charge in [-0.15, -0.1) is 4.40 Å². The Bertz CT molecular complexity index is 1010. The number of nitrogens with one attached hydrogen (secondary N) is 2. The van der Waals surface area contributed by atoms with Crippen molar-refractivity contribution < 1.29 is 26.0 Å². The molecule has 2 aliphatic heterocycles. The molecule has 3 aliphatic rings. The van der Waals surface area contributed by atoms with Crippen molar-refractivity contribution in [1.82, 2.24) is 5.32 Å². The summed E-state index contributed by atoms with van der Waals surface area (Å²) < 4.78 is 85.6. The van der Waals surface area contributed by atoms with E-state index in [2.05, 4.69) is 15.0 Å². The second-order valence-electron chi connectivity index (χ2n) is 9.52. The van der Waals surface area contributed by atoms with Crippen molar-refractivity contribution in [1.29, 1.82) is 0 Å². The molecule has 4 rings (SSSR count). The number of sulfonamides is 1. The first kappa shape index (κ1) is 22.3. The van der Waals surface area contributed by atoms with Crippen molar-refractivity contribution in [3.8, 4) is 0 Å². The van der Waals surface area contributed by atoms with Gasteiger partial charge in [0.15, 0.2) is 0 Å². The molecule has 172 valence electrons. The summed E-state index contributed by atoms with van der Waals surface area (Å²) in [5.74, 6) is -0.769. The van der Waals surface area contributed by atoms with E-state index in [1.165, 1.54) is 0 Å². The third-order valence-electron chi connectivity index (χ3n) is 5.69. The van der Waals surface area contributed by atoms with Crippen LogP contribution in [0.1, 0.15) is 46.5 Å². The van der Waals surface area contributed by atoms with E-state index in [0.29, 0.717) is 6.42 Å². The van der Waals surface area contributed by atoms with E-state index in [1.807, 2.05) is 20.8 Å². The summed E-state index contributed by atoms with van der Waals surface area (Å²) >= 11 is 0. The number of fused-ring (bicyclic) bond motifs is 1. The molecular weight excluding hydrogens is 436 g/mol. The maximum Gasteiger partial charge on any atom is 0.408 e. The normalized spacial score (nSPS) is 26.2. The Morgan fingerprint density at radius 3 is 2.42 bits per heavy atom. The molecule has 0 unspecified atom stereocenters. The molecule has 1 aliphatic carbocycles. The van der Waals surface area contributed by atoms with Crippen molar-refractivity contribution >= 4 is 27.2 Å². The summed E-state index contributed by atoms with van der Waals surface area (Å²) in [7, 11) is -4.20. The maximum atomic E-state index is 14.4. The van der Waals surface area contributed by atoms with Crippen LogP contribution in [-0.2, 0) is 10.0 Å². The lowest BCUT2D eigenvalue weighted by Crippen LogP contribution is -2.57. The fourth-order valence-electron chi connectivity index (χ4n) is 4.29. The van der Waals surface area contributed by atoms with Gasteiger partial charge in [0.1, 0.15) is 22.6 Å². The monoisotopic (exact) mass is 462 g/mol. The summed E-state index contributed by atoms with van der Waals surface area (Å²) in [6.07, 6.45) is -2.88. The van der Waals surface area contributed by atoms with Gasteiger partial charge in [0.25, 0.3) is 10.0 Å². The fourth-order valence-corrected chi connectivity index (χ4v) is 5.52. The number of amidine groups is 1. The van der Waals surface area contributed by atoms with Gasteiger partial charge in [-0.25, -0.2) is 4.39 Å². The van der Waals surface area contributed by atoms with Crippen molar-refractivity contribution in [3.05, 3.63) is 17.9 Å². The molecule has 1 saturated carbocycles. The smallest absolute Gasteiger partial charge is 0.358 e. The third kappa shape index (κ3) is 4.67. The van der Waals surface area contributed by atoms with Crippen molar-refractivity contribution in [2.75, 3.05) is 16.8 Å². The fraction of sp³-hybridized carbons (Fsp3) is 0.650. The van der Waals surface area contributed by atoms with Crippen molar-refractivity contribution in [2.24, 2.45) is 10.3 Å². The number of alkyl halides is 3. The average molecular weight is 463 g/mol. The zero-order chi connectivity index (χ0) is 22.8. The summed E-state index contributed by atoms with van der Waals surface area (Å²) in [5.41, 5.74) is -0.468. The Morgan fingerprint density at radius 1 is 1.16 bits per heavy atom. The molecule has 1 aromatic carbocycles. The number of benzene rings is 1. The summed E-state index contributed by atoms with van der Waals surface area (Å²) in [5, 5.41) is 6.13. The van der Waals surface area contributed by atoms with Gasteiger partial charge in [0.05, 0.1) is 11.4 Å². The van der Waals surface area contributed by atoms with Crippen LogP contribution in [0.2, 0.25) is 0 Å². The second-order valence-corrected chi connectivity index (χ2v) is 11.1. The van der Waals surface area contributed by atoms with Crippen LogP contribution in [0.3, 0.4) is 0 Å². The van der Waals surface area contributed by atoms with Gasteiger partial charge >= 0.3 is 6.18 Å². The quantitative estimate of drug-likeness (QED) is 0.664. The number of hydrogen-bond acceptors (Lipinski definition) is 5. The highest BCUT2D eigenvalue weighted by Crippen LogP contribution is 2.44. The van der Waals surface area contributed by atoms with Gasteiger partial charge in [-0.1, -0.05) is 0 Å². The highest BCUT2D eigenvalue weighted by molar-refractivity contribution is 7.90. The van der Waals surface area contributed by atoms with Crippen LogP contribution in [0.15, 0.2) is 21.4 Å². The van der Waals surface area contributed by atoms with Crippen LogP contribution >= 0.6 is 0 Å². The predicted octanol–water partition coefficient (Wildman–Crippen LogP) is 4.04. The number of halogens is 4. The van der Waals surface area contributed by atoms with Gasteiger partial charge in [0, 0.05) is 24.0 Å². The molecule has 2 heterocycles. The number of hydrogen-bond donors (Lipinski definition) is 2. The van der Waals surface area contributed by atoms with Gasteiger partial charge < -0.3 is 15.5 Å². The van der Waals surface area contributed by atoms with Crippen LogP contribution in [0.5, 0.6) is 0 Å². The molecule has 11 heteroatoms. The van der Waals surface area contributed by atoms with Gasteiger partial charge in [-0.3, -0.25) is 0 Å².